The number of amides is 2. The van der Waals surface area contributed by atoms with Gasteiger partial charge in [-0.3, -0.25) is 9.59 Å². The van der Waals surface area contributed by atoms with Crippen molar-refractivity contribution in [3.05, 3.63) is 42.3 Å². The number of nitrogens with two attached hydrogens (primary N) is 1. The Morgan fingerprint density at radius 3 is 2.63 bits per heavy atom. The van der Waals surface area contributed by atoms with E-state index < -0.39 is 0 Å². The Hall–Kier alpha value is -2.83. The first-order valence-electron chi connectivity index (χ1n) is 5.48. The van der Waals surface area contributed by atoms with Crippen LogP contribution < -0.4 is 16.4 Å². The average Bonchev–Trinajstić information content (AvgIpc) is 2.89. The zero-order valence-corrected chi connectivity index (χ0v) is 9.92. The van der Waals surface area contributed by atoms with E-state index in [1.807, 2.05) is 0 Å². The fourth-order valence-corrected chi connectivity index (χ4v) is 1.37. The quantitative estimate of drug-likeness (QED) is 0.698. The van der Waals surface area contributed by atoms with Crippen LogP contribution in [0.25, 0.3) is 0 Å². The van der Waals surface area contributed by atoms with E-state index >= 15 is 0 Å². The third-order valence-corrected chi connectivity index (χ3v) is 2.30. The normalized spacial score (nSPS) is 9.89. The van der Waals surface area contributed by atoms with E-state index in [4.69, 9.17) is 5.73 Å². The van der Waals surface area contributed by atoms with E-state index in [2.05, 4.69) is 20.3 Å². The molecule has 19 heavy (non-hydrogen) atoms. The number of rotatable bonds is 4. The van der Waals surface area contributed by atoms with E-state index in [1.54, 1.807) is 24.3 Å². The monoisotopic (exact) mass is 260 g/mol. The van der Waals surface area contributed by atoms with E-state index in [9.17, 15) is 9.59 Å². The SMILES string of the molecule is Nc1ccc(C(=O)NCC(=O)Nc2cnoc2)cc1. The van der Waals surface area contributed by atoms with Crippen LogP contribution in [0.15, 0.2) is 41.2 Å². The lowest BCUT2D eigenvalue weighted by atomic mass is 10.2. The molecule has 1 heterocycles. The van der Waals surface area contributed by atoms with E-state index in [0.29, 0.717) is 16.9 Å². The van der Waals surface area contributed by atoms with Crippen molar-refractivity contribution in [1.82, 2.24) is 10.5 Å². The molecule has 0 fully saturated rings. The number of carbonyl (C=O) groups excluding carboxylic acids is 2. The van der Waals surface area contributed by atoms with Gasteiger partial charge in [0, 0.05) is 11.3 Å². The number of carbonyl (C=O) groups is 2. The van der Waals surface area contributed by atoms with Crippen LogP contribution in [0.1, 0.15) is 10.4 Å². The van der Waals surface area contributed by atoms with Crippen molar-refractivity contribution in [2.24, 2.45) is 0 Å². The highest BCUT2D eigenvalue weighted by molar-refractivity contribution is 5.99. The van der Waals surface area contributed by atoms with Crippen LogP contribution in [-0.2, 0) is 4.79 Å². The summed E-state index contributed by atoms with van der Waals surface area (Å²) in [6.45, 7) is -0.144. The molecule has 4 N–H and O–H groups in total. The van der Waals surface area contributed by atoms with Crippen molar-refractivity contribution in [2.75, 3.05) is 17.6 Å². The first-order valence-corrected chi connectivity index (χ1v) is 5.48. The van der Waals surface area contributed by atoms with Crippen molar-refractivity contribution in [2.45, 2.75) is 0 Å². The van der Waals surface area contributed by atoms with Gasteiger partial charge in [0.15, 0.2) is 0 Å². The summed E-state index contributed by atoms with van der Waals surface area (Å²) in [5.41, 5.74) is 6.96. The highest BCUT2D eigenvalue weighted by Gasteiger charge is 2.08. The molecular formula is C12H12N4O3. The van der Waals surface area contributed by atoms with Crippen molar-refractivity contribution < 1.29 is 14.1 Å². The topological polar surface area (TPSA) is 110 Å². The van der Waals surface area contributed by atoms with Crippen LogP contribution >= 0.6 is 0 Å². The van der Waals surface area contributed by atoms with Gasteiger partial charge in [-0.15, -0.1) is 0 Å². The van der Waals surface area contributed by atoms with Gasteiger partial charge in [0.2, 0.25) is 5.91 Å². The highest BCUT2D eigenvalue weighted by atomic mass is 16.5. The third-order valence-electron chi connectivity index (χ3n) is 2.30. The minimum Gasteiger partial charge on any atom is -0.399 e. The van der Waals surface area contributed by atoms with Gasteiger partial charge in [-0.2, -0.15) is 0 Å². The van der Waals surface area contributed by atoms with E-state index in [-0.39, 0.29) is 18.4 Å². The number of nitrogens with zero attached hydrogens (tertiary/aromatic N) is 1. The molecule has 0 aliphatic rings. The molecule has 0 aliphatic carbocycles. The predicted octanol–water partition coefficient (Wildman–Crippen LogP) is 0.625. The molecule has 0 saturated heterocycles. The summed E-state index contributed by atoms with van der Waals surface area (Å²) in [5, 5.41) is 8.43. The highest BCUT2D eigenvalue weighted by Crippen LogP contribution is 2.05. The lowest BCUT2D eigenvalue weighted by Crippen LogP contribution is -2.32. The van der Waals surface area contributed by atoms with Crippen LogP contribution in [0.3, 0.4) is 0 Å². The van der Waals surface area contributed by atoms with Crippen LogP contribution in [0.4, 0.5) is 11.4 Å². The van der Waals surface area contributed by atoms with Crippen LogP contribution in [0.2, 0.25) is 0 Å². The molecule has 0 radical (unpaired) electrons. The second-order valence-electron chi connectivity index (χ2n) is 3.77. The molecule has 1 aromatic carbocycles. The molecule has 7 heteroatoms. The number of nitrogen functional groups attached to an aromatic ring is 1. The lowest BCUT2D eigenvalue weighted by molar-refractivity contribution is -0.115. The Morgan fingerprint density at radius 2 is 2.00 bits per heavy atom. The van der Waals surface area contributed by atoms with Crippen LogP contribution in [0.5, 0.6) is 0 Å². The standard InChI is InChI=1S/C12H12N4O3/c13-9-3-1-8(2-4-9)12(18)14-6-11(17)16-10-5-15-19-7-10/h1-5,7H,6,13H2,(H,14,18)(H,16,17). The minimum absolute atomic E-state index is 0.144. The van der Waals surface area contributed by atoms with Gasteiger partial charge in [-0.25, -0.2) is 0 Å². The number of anilines is 2. The maximum absolute atomic E-state index is 11.7. The fourth-order valence-electron chi connectivity index (χ4n) is 1.37. The fraction of sp³-hybridized carbons (Fsp3) is 0.0833. The molecule has 2 rings (SSSR count). The maximum Gasteiger partial charge on any atom is 0.251 e. The molecule has 0 bridgehead atoms. The second kappa shape index (κ2) is 5.67. The molecule has 7 nitrogen and oxygen atoms in total. The lowest BCUT2D eigenvalue weighted by Gasteiger charge is -2.05. The molecular weight excluding hydrogens is 248 g/mol. The van der Waals surface area contributed by atoms with Gasteiger partial charge in [0.1, 0.15) is 12.0 Å². The Labute approximate surface area is 108 Å². The summed E-state index contributed by atoms with van der Waals surface area (Å²) in [6, 6.07) is 6.41. The van der Waals surface area contributed by atoms with Gasteiger partial charge >= 0.3 is 0 Å². The minimum atomic E-state index is -0.369. The molecule has 1 aromatic heterocycles. The zero-order chi connectivity index (χ0) is 13.7. The van der Waals surface area contributed by atoms with Gasteiger partial charge in [-0.05, 0) is 24.3 Å². The van der Waals surface area contributed by atoms with Gasteiger partial charge in [0.25, 0.3) is 5.91 Å². The van der Waals surface area contributed by atoms with E-state index in [0.717, 1.165) is 0 Å². The summed E-state index contributed by atoms with van der Waals surface area (Å²) in [6.07, 6.45) is 2.65. The summed E-state index contributed by atoms with van der Waals surface area (Å²) in [7, 11) is 0. The average molecular weight is 260 g/mol. The Balaban J connectivity index is 1.83. The second-order valence-corrected chi connectivity index (χ2v) is 3.77. The van der Waals surface area contributed by atoms with Gasteiger partial charge < -0.3 is 20.9 Å². The van der Waals surface area contributed by atoms with Crippen LogP contribution in [-0.4, -0.2) is 23.5 Å². The summed E-state index contributed by atoms with van der Waals surface area (Å²) in [5.74, 6) is -0.715. The zero-order valence-electron chi connectivity index (χ0n) is 9.92. The molecule has 0 aliphatic heterocycles. The molecule has 2 aromatic rings. The first-order chi connectivity index (χ1) is 9.15. The smallest absolute Gasteiger partial charge is 0.251 e. The third kappa shape index (κ3) is 3.56. The molecule has 0 saturated carbocycles. The first kappa shape index (κ1) is 12.6. The van der Waals surface area contributed by atoms with Gasteiger partial charge in [0.05, 0.1) is 12.7 Å². The summed E-state index contributed by atoms with van der Waals surface area (Å²) in [4.78, 5) is 23.2. The largest absolute Gasteiger partial charge is 0.399 e. The summed E-state index contributed by atoms with van der Waals surface area (Å²) < 4.78 is 4.56. The Kier molecular flexibility index (Phi) is 3.77. The van der Waals surface area contributed by atoms with Crippen molar-refractivity contribution in [1.29, 1.82) is 0 Å². The predicted molar refractivity (Wildman–Crippen MR) is 68.3 cm³/mol. The molecule has 0 spiro atoms. The molecule has 0 unspecified atom stereocenters. The summed E-state index contributed by atoms with van der Waals surface area (Å²) >= 11 is 0. The Bertz CT molecular complexity index is 563. The van der Waals surface area contributed by atoms with Crippen molar-refractivity contribution in [3.8, 4) is 0 Å². The van der Waals surface area contributed by atoms with Crippen molar-refractivity contribution >= 4 is 23.2 Å². The number of aromatic nitrogens is 1. The number of nitrogens with one attached hydrogen (secondary N) is 2. The van der Waals surface area contributed by atoms with E-state index in [1.165, 1.54) is 12.5 Å². The number of hydrogen-bond acceptors (Lipinski definition) is 5. The number of benzene rings is 1. The molecule has 98 valence electrons. The Morgan fingerprint density at radius 1 is 1.26 bits per heavy atom. The van der Waals surface area contributed by atoms with Crippen LogP contribution in [0, 0.1) is 0 Å². The van der Waals surface area contributed by atoms with Crippen molar-refractivity contribution in [3.63, 3.8) is 0 Å². The molecule has 2 amide bonds. The van der Waals surface area contributed by atoms with Gasteiger partial charge in [-0.1, -0.05) is 5.16 Å². The number of hydrogen-bond donors (Lipinski definition) is 3. The maximum atomic E-state index is 11.7. The molecule has 0 atom stereocenters.